The van der Waals surface area contributed by atoms with E-state index in [0.29, 0.717) is 25.3 Å². The van der Waals surface area contributed by atoms with Gasteiger partial charge in [0, 0.05) is 18.0 Å². The van der Waals surface area contributed by atoms with Crippen molar-refractivity contribution in [1.29, 1.82) is 0 Å². The maximum Gasteiger partial charge on any atom is 0.232 e. The van der Waals surface area contributed by atoms with Crippen LogP contribution in [0.4, 0.5) is 4.39 Å². The third-order valence-corrected chi connectivity index (χ3v) is 4.59. The van der Waals surface area contributed by atoms with Crippen molar-refractivity contribution in [3.8, 4) is 0 Å². The number of carbonyl (C=O) groups is 1. The third kappa shape index (κ3) is 4.49. The maximum atomic E-state index is 12.8. The van der Waals surface area contributed by atoms with Crippen molar-refractivity contribution < 1.29 is 14.3 Å². The van der Waals surface area contributed by atoms with E-state index < -0.39 is 5.60 Å². The average molecular weight is 297 g/mol. The van der Waals surface area contributed by atoms with Crippen LogP contribution >= 0.6 is 11.8 Å². The van der Waals surface area contributed by atoms with Crippen LogP contribution in [0.5, 0.6) is 0 Å². The molecule has 3 nitrogen and oxygen atoms in total. The molecule has 0 bridgehead atoms. The fourth-order valence-electron chi connectivity index (χ4n) is 2.28. The van der Waals surface area contributed by atoms with E-state index in [4.69, 9.17) is 0 Å². The van der Waals surface area contributed by atoms with Crippen LogP contribution in [-0.2, 0) is 4.79 Å². The predicted molar refractivity (Wildman–Crippen MR) is 78.2 cm³/mol. The van der Waals surface area contributed by atoms with E-state index in [1.165, 1.54) is 23.9 Å². The van der Waals surface area contributed by atoms with Crippen LogP contribution in [0.15, 0.2) is 29.2 Å². The van der Waals surface area contributed by atoms with Crippen molar-refractivity contribution in [3.63, 3.8) is 0 Å². The minimum Gasteiger partial charge on any atom is -0.390 e. The number of benzene rings is 1. The lowest BCUT2D eigenvalue weighted by Gasteiger charge is -2.22. The number of hydrogen-bond acceptors (Lipinski definition) is 3. The largest absolute Gasteiger partial charge is 0.390 e. The first kappa shape index (κ1) is 15.3. The summed E-state index contributed by atoms with van der Waals surface area (Å²) < 4.78 is 12.8. The van der Waals surface area contributed by atoms with Crippen LogP contribution in [0, 0.1) is 5.82 Å². The van der Waals surface area contributed by atoms with Crippen molar-refractivity contribution in [3.05, 3.63) is 30.1 Å². The van der Waals surface area contributed by atoms with Crippen LogP contribution < -0.4 is 0 Å². The lowest BCUT2D eigenvalue weighted by atomic mass is 9.98. The van der Waals surface area contributed by atoms with Crippen molar-refractivity contribution in [1.82, 2.24) is 4.90 Å². The monoisotopic (exact) mass is 297 g/mol. The van der Waals surface area contributed by atoms with E-state index in [1.807, 2.05) is 11.8 Å². The smallest absolute Gasteiger partial charge is 0.232 e. The van der Waals surface area contributed by atoms with Gasteiger partial charge < -0.3 is 10.0 Å². The first-order valence-corrected chi connectivity index (χ1v) is 7.83. The molecule has 0 radical (unpaired) electrons. The van der Waals surface area contributed by atoms with E-state index in [-0.39, 0.29) is 11.7 Å². The van der Waals surface area contributed by atoms with E-state index in [2.05, 4.69) is 0 Å². The summed E-state index contributed by atoms with van der Waals surface area (Å²) in [6.45, 7) is 3.14. The number of carbonyl (C=O) groups excluding carboxylic acids is 1. The standard InChI is InChI=1S/C15H20FNO2S/c1-15(19)7-2-9-17(10-8-15)14(18)11-20-13-5-3-12(16)4-6-13/h3-6,19H,2,7-11H2,1H3. The Kier molecular flexibility index (Phi) is 5.05. The number of thioether (sulfide) groups is 1. The molecule has 2 rings (SSSR count). The molecule has 1 aromatic carbocycles. The second kappa shape index (κ2) is 6.59. The molecule has 0 aromatic heterocycles. The first-order chi connectivity index (χ1) is 9.46. The third-order valence-electron chi connectivity index (χ3n) is 3.59. The van der Waals surface area contributed by atoms with E-state index in [9.17, 15) is 14.3 Å². The number of aliphatic hydroxyl groups is 1. The second-order valence-corrected chi connectivity index (χ2v) is 6.52. The summed E-state index contributed by atoms with van der Waals surface area (Å²) in [4.78, 5) is 14.9. The van der Waals surface area contributed by atoms with Gasteiger partial charge in [-0.15, -0.1) is 11.8 Å². The molecule has 1 unspecified atom stereocenters. The Labute approximate surface area is 123 Å². The zero-order valence-corrected chi connectivity index (χ0v) is 12.5. The highest BCUT2D eigenvalue weighted by molar-refractivity contribution is 8.00. The Balaban J connectivity index is 1.84. The molecular weight excluding hydrogens is 277 g/mol. The molecule has 1 N–H and O–H groups in total. The molecule has 1 aromatic rings. The Morgan fingerprint density at radius 3 is 2.75 bits per heavy atom. The zero-order valence-electron chi connectivity index (χ0n) is 11.6. The van der Waals surface area contributed by atoms with Gasteiger partial charge >= 0.3 is 0 Å². The van der Waals surface area contributed by atoms with Crippen molar-refractivity contribution >= 4 is 17.7 Å². The number of halogens is 1. The molecule has 0 saturated carbocycles. The van der Waals surface area contributed by atoms with Crippen LogP contribution in [0.25, 0.3) is 0 Å². The molecule has 1 aliphatic rings. The highest BCUT2D eigenvalue weighted by Crippen LogP contribution is 2.23. The van der Waals surface area contributed by atoms with Gasteiger partial charge in [0.15, 0.2) is 0 Å². The summed E-state index contributed by atoms with van der Waals surface area (Å²) in [6, 6.07) is 6.16. The fourth-order valence-corrected chi connectivity index (χ4v) is 3.08. The van der Waals surface area contributed by atoms with E-state index in [0.717, 1.165) is 17.7 Å². The summed E-state index contributed by atoms with van der Waals surface area (Å²) in [5.41, 5.74) is -0.654. The van der Waals surface area contributed by atoms with Crippen LogP contribution in [0.1, 0.15) is 26.2 Å². The van der Waals surface area contributed by atoms with Gasteiger partial charge in [-0.2, -0.15) is 0 Å². The van der Waals surface area contributed by atoms with Gasteiger partial charge in [0.25, 0.3) is 0 Å². The van der Waals surface area contributed by atoms with Gasteiger partial charge in [-0.1, -0.05) is 0 Å². The van der Waals surface area contributed by atoms with Crippen LogP contribution in [0.3, 0.4) is 0 Å². The zero-order chi connectivity index (χ0) is 14.6. The molecule has 1 amide bonds. The minimum absolute atomic E-state index is 0.0806. The van der Waals surface area contributed by atoms with Gasteiger partial charge in [-0.05, 0) is 50.5 Å². The van der Waals surface area contributed by atoms with Crippen molar-refractivity contribution in [2.75, 3.05) is 18.8 Å². The topological polar surface area (TPSA) is 40.5 Å². The summed E-state index contributed by atoms with van der Waals surface area (Å²) >= 11 is 1.42. The molecule has 1 saturated heterocycles. The van der Waals surface area contributed by atoms with Gasteiger partial charge in [-0.25, -0.2) is 4.39 Å². The fraction of sp³-hybridized carbons (Fsp3) is 0.533. The SMILES string of the molecule is CC1(O)CCCN(C(=O)CSc2ccc(F)cc2)CC1. The maximum absolute atomic E-state index is 12.8. The van der Waals surface area contributed by atoms with E-state index in [1.54, 1.807) is 12.1 Å². The van der Waals surface area contributed by atoms with Crippen molar-refractivity contribution in [2.45, 2.75) is 36.7 Å². The van der Waals surface area contributed by atoms with Gasteiger partial charge in [0.1, 0.15) is 5.82 Å². The summed E-state index contributed by atoms with van der Waals surface area (Å²) in [7, 11) is 0. The minimum atomic E-state index is -0.654. The summed E-state index contributed by atoms with van der Waals surface area (Å²) in [6.07, 6.45) is 2.20. The lowest BCUT2D eigenvalue weighted by molar-refractivity contribution is -0.128. The lowest BCUT2D eigenvalue weighted by Crippen LogP contribution is -2.34. The predicted octanol–water partition coefficient (Wildman–Crippen LogP) is 2.68. The Morgan fingerprint density at radius 1 is 1.35 bits per heavy atom. The van der Waals surface area contributed by atoms with Crippen LogP contribution in [-0.4, -0.2) is 40.4 Å². The van der Waals surface area contributed by atoms with E-state index >= 15 is 0 Å². The molecular formula is C15H20FNO2S. The number of likely N-dealkylation sites (tertiary alicyclic amines) is 1. The molecule has 1 atom stereocenters. The number of nitrogens with zero attached hydrogens (tertiary/aromatic N) is 1. The number of rotatable bonds is 3. The molecule has 110 valence electrons. The molecule has 0 aliphatic carbocycles. The average Bonchev–Trinajstić information content (AvgIpc) is 2.59. The Morgan fingerprint density at radius 2 is 2.05 bits per heavy atom. The second-order valence-electron chi connectivity index (χ2n) is 5.47. The molecule has 1 aliphatic heterocycles. The van der Waals surface area contributed by atoms with Crippen LogP contribution in [0.2, 0.25) is 0 Å². The quantitative estimate of drug-likeness (QED) is 0.872. The molecule has 1 heterocycles. The van der Waals surface area contributed by atoms with Gasteiger partial charge in [0.05, 0.1) is 11.4 Å². The highest BCUT2D eigenvalue weighted by atomic mass is 32.2. The Bertz CT molecular complexity index is 461. The number of amides is 1. The highest BCUT2D eigenvalue weighted by Gasteiger charge is 2.26. The summed E-state index contributed by atoms with van der Waals surface area (Å²) in [5.74, 6) is 0.167. The van der Waals surface area contributed by atoms with Gasteiger partial charge in [0.2, 0.25) is 5.91 Å². The first-order valence-electron chi connectivity index (χ1n) is 6.85. The number of hydrogen-bond donors (Lipinski definition) is 1. The summed E-state index contributed by atoms with van der Waals surface area (Å²) in [5, 5.41) is 10.0. The Hall–Kier alpha value is -1.07. The molecule has 0 spiro atoms. The van der Waals surface area contributed by atoms with Crippen molar-refractivity contribution in [2.24, 2.45) is 0 Å². The van der Waals surface area contributed by atoms with Gasteiger partial charge in [-0.3, -0.25) is 4.79 Å². The molecule has 1 fully saturated rings. The normalized spacial score (nSPS) is 23.4. The molecule has 5 heteroatoms. The molecule has 20 heavy (non-hydrogen) atoms.